The quantitative estimate of drug-likeness (QED) is 0.838. The maximum absolute atomic E-state index is 3.37. The molecule has 0 aromatic heterocycles. The normalized spacial score (nSPS) is 17.4. The minimum atomic E-state index is 0. The maximum atomic E-state index is 3.37. The Morgan fingerprint density at radius 2 is 1.89 bits per heavy atom. The summed E-state index contributed by atoms with van der Waals surface area (Å²) in [4.78, 5) is 3.97. The van der Waals surface area contributed by atoms with E-state index < -0.39 is 0 Å². The van der Waals surface area contributed by atoms with Crippen molar-refractivity contribution in [3.05, 3.63) is 30.3 Å². The summed E-state index contributed by atoms with van der Waals surface area (Å²) in [6.45, 7) is 3.72. The number of rotatable bonds is 5. The standard InChI is InChI=1S/C14H22N2S.ClH/c1-15-13-7-9-16(10-8-13)11-12-17-14-5-3-2-4-6-14;/h2-6,13,15H,7-12H2,1H3;1H. The van der Waals surface area contributed by atoms with Crippen LogP contribution in [0.5, 0.6) is 0 Å². The fourth-order valence-corrected chi connectivity index (χ4v) is 3.19. The molecule has 1 N–H and O–H groups in total. The van der Waals surface area contributed by atoms with E-state index in [1.165, 1.54) is 43.1 Å². The van der Waals surface area contributed by atoms with Crippen LogP contribution in [0.3, 0.4) is 0 Å². The predicted octanol–water partition coefficient (Wildman–Crippen LogP) is 2.88. The first kappa shape index (κ1) is 15.8. The molecule has 0 aliphatic carbocycles. The van der Waals surface area contributed by atoms with Gasteiger partial charge in [0.15, 0.2) is 0 Å². The highest BCUT2D eigenvalue weighted by molar-refractivity contribution is 7.99. The first-order valence-corrected chi connectivity index (χ1v) is 7.44. The van der Waals surface area contributed by atoms with Gasteiger partial charge in [0.05, 0.1) is 0 Å². The van der Waals surface area contributed by atoms with Crippen molar-refractivity contribution in [2.24, 2.45) is 0 Å². The van der Waals surface area contributed by atoms with E-state index in [1.807, 2.05) is 11.8 Å². The van der Waals surface area contributed by atoms with Crippen LogP contribution in [0.2, 0.25) is 0 Å². The zero-order valence-corrected chi connectivity index (χ0v) is 12.6. The molecule has 1 aliphatic heterocycles. The third kappa shape index (κ3) is 5.19. The summed E-state index contributed by atoms with van der Waals surface area (Å²) in [6, 6.07) is 11.4. The number of nitrogens with zero attached hydrogens (tertiary/aromatic N) is 1. The molecule has 1 aliphatic rings. The molecular formula is C14H23ClN2S. The Balaban J connectivity index is 0.00000162. The summed E-state index contributed by atoms with van der Waals surface area (Å²) in [5, 5.41) is 3.37. The highest BCUT2D eigenvalue weighted by atomic mass is 35.5. The van der Waals surface area contributed by atoms with Crippen LogP contribution in [0.1, 0.15) is 12.8 Å². The van der Waals surface area contributed by atoms with Crippen LogP contribution in [-0.2, 0) is 0 Å². The molecule has 2 rings (SSSR count). The molecule has 0 spiro atoms. The molecule has 1 aromatic rings. The lowest BCUT2D eigenvalue weighted by molar-refractivity contribution is 0.212. The molecule has 18 heavy (non-hydrogen) atoms. The molecule has 4 heteroatoms. The highest BCUT2D eigenvalue weighted by Crippen LogP contribution is 2.18. The minimum Gasteiger partial charge on any atom is -0.317 e. The lowest BCUT2D eigenvalue weighted by Gasteiger charge is -2.31. The van der Waals surface area contributed by atoms with Gasteiger partial charge in [-0.2, -0.15) is 0 Å². The average molecular weight is 287 g/mol. The Kier molecular flexibility index (Phi) is 7.75. The molecule has 1 heterocycles. The smallest absolute Gasteiger partial charge is 0.0108 e. The van der Waals surface area contributed by atoms with Gasteiger partial charge in [-0.1, -0.05) is 18.2 Å². The molecule has 0 atom stereocenters. The molecule has 1 aromatic carbocycles. The van der Waals surface area contributed by atoms with E-state index in [4.69, 9.17) is 0 Å². The molecule has 1 saturated heterocycles. The van der Waals surface area contributed by atoms with Crippen LogP contribution in [0.4, 0.5) is 0 Å². The summed E-state index contributed by atoms with van der Waals surface area (Å²) < 4.78 is 0. The second-order valence-corrected chi connectivity index (χ2v) is 5.73. The van der Waals surface area contributed by atoms with Gasteiger partial charge in [-0.15, -0.1) is 24.2 Å². The summed E-state index contributed by atoms with van der Waals surface area (Å²) in [5.74, 6) is 1.20. The first-order chi connectivity index (χ1) is 8.38. The number of thioether (sulfide) groups is 1. The van der Waals surface area contributed by atoms with Crippen molar-refractivity contribution in [2.75, 3.05) is 32.4 Å². The van der Waals surface area contributed by atoms with Crippen LogP contribution in [0.15, 0.2) is 35.2 Å². The fraction of sp³-hybridized carbons (Fsp3) is 0.571. The monoisotopic (exact) mass is 286 g/mol. The molecule has 102 valence electrons. The van der Waals surface area contributed by atoms with E-state index in [-0.39, 0.29) is 12.4 Å². The Bertz CT molecular complexity index is 313. The predicted molar refractivity (Wildman–Crippen MR) is 82.9 cm³/mol. The van der Waals surface area contributed by atoms with Crippen LogP contribution < -0.4 is 5.32 Å². The van der Waals surface area contributed by atoms with Gasteiger partial charge in [0.2, 0.25) is 0 Å². The average Bonchev–Trinajstić information content (AvgIpc) is 2.41. The number of piperidine rings is 1. The molecule has 2 nitrogen and oxygen atoms in total. The molecule has 0 amide bonds. The van der Waals surface area contributed by atoms with Crippen LogP contribution in [0, 0.1) is 0 Å². The summed E-state index contributed by atoms with van der Waals surface area (Å²) in [6.07, 6.45) is 2.60. The summed E-state index contributed by atoms with van der Waals surface area (Å²) in [5.41, 5.74) is 0. The van der Waals surface area contributed by atoms with Gasteiger partial charge in [0.1, 0.15) is 0 Å². The van der Waals surface area contributed by atoms with Gasteiger partial charge in [0.25, 0.3) is 0 Å². The SMILES string of the molecule is CNC1CCN(CCSc2ccccc2)CC1.Cl. The number of halogens is 1. The van der Waals surface area contributed by atoms with Gasteiger partial charge in [-0.3, -0.25) is 0 Å². The third-order valence-corrected chi connectivity index (χ3v) is 4.41. The van der Waals surface area contributed by atoms with Crippen molar-refractivity contribution >= 4 is 24.2 Å². The molecular weight excluding hydrogens is 264 g/mol. The molecule has 0 bridgehead atoms. The number of nitrogens with one attached hydrogen (secondary N) is 1. The lowest BCUT2D eigenvalue weighted by atomic mass is 10.1. The van der Waals surface area contributed by atoms with Crippen LogP contribution in [-0.4, -0.2) is 43.4 Å². The molecule has 1 fully saturated rings. The van der Waals surface area contributed by atoms with Crippen molar-refractivity contribution in [1.29, 1.82) is 0 Å². The Labute approximate surface area is 121 Å². The van der Waals surface area contributed by atoms with E-state index in [1.54, 1.807) is 0 Å². The number of hydrogen-bond acceptors (Lipinski definition) is 3. The van der Waals surface area contributed by atoms with Gasteiger partial charge in [0, 0.05) is 23.2 Å². The van der Waals surface area contributed by atoms with Crippen molar-refractivity contribution in [1.82, 2.24) is 10.2 Å². The fourth-order valence-electron chi connectivity index (χ4n) is 2.25. The van der Waals surface area contributed by atoms with Gasteiger partial charge < -0.3 is 10.2 Å². The highest BCUT2D eigenvalue weighted by Gasteiger charge is 2.16. The van der Waals surface area contributed by atoms with Crippen molar-refractivity contribution in [3.8, 4) is 0 Å². The van der Waals surface area contributed by atoms with E-state index in [9.17, 15) is 0 Å². The summed E-state index contributed by atoms with van der Waals surface area (Å²) >= 11 is 1.96. The first-order valence-electron chi connectivity index (χ1n) is 6.46. The zero-order valence-electron chi connectivity index (χ0n) is 11.0. The Morgan fingerprint density at radius 1 is 1.22 bits per heavy atom. The van der Waals surface area contributed by atoms with Crippen LogP contribution >= 0.6 is 24.2 Å². The Hall–Kier alpha value is -0.220. The van der Waals surface area contributed by atoms with Crippen molar-refractivity contribution in [3.63, 3.8) is 0 Å². The lowest BCUT2D eigenvalue weighted by Crippen LogP contribution is -2.41. The van der Waals surface area contributed by atoms with Crippen LogP contribution in [0.25, 0.3) is 0 Å². The van der Waals surface area contributed by atoms with E-state index in [2.05, 4.69) is 47.6 Å². The van der Waals surface area contributed by atoms with Crippen molar-refractivity contribution < 1.29 is 0 Å². The molecule has 0 radical (unpaired) electrons. The minimum absolute atomic E-state index is 0. The largest absolute Gasteiger partial charge is 0.317 e. The Morgan fingerprint density at radius 3 is 2.50 bits per heavy atom. The van der Waals surface area contributed by atoms with Crippen molar-refractivity contribution in [2.45, 2.75) is 23.8 Å². The summed E-state index contributed by atoms with van der Waals surface area (Å²) in [7, 11) is 2.07. The topological polar surface area (TPSA) is 15.3 Å². The molecule has 0 unspecified atom stereocenters. The van der Waals surface area contributed by atoms with Gasteiger partial charge >= 0.3 is 0 Å². The van der Waals surface area contributed by atoms with E-state index >= 15 is 0 Å². The number of hydrogen-bond donors (Lipinski definition) is 1. The second kappa shape index (κ2) is 8.81. The third-order valence-electron chi connectivity index (χ3n) is 3.42. The second-order valence-electron chi connectivity index (χ2n) is 4.57. The van der Waals surface area contributed by atoms with Gasteiger partial charge in [-0.25, -0.2) is 0 Å². The molecule has 0 saturated carbocycles. The zero-order chi connectivity index (χ0) is 11.9. The number of benzene rings is 1. The maximum Gasteiger partial charge on any atom is 0.0108 e. The van der Waals surface area contributed by atoms with E-state index in [0.29, 0.717) is 0 Å². The van der Waals surface area contributed by atoms with E-state index in [0.717, 1.165) is 6.04 Å². The number of likely N-dealkylation sites (tertiary alicyclic amines) is 1. The van der Waals surface area contributed by atoms with Gasteiger partial charge in [-0.05, 0) is 45.1 Å².